The van der Waals surface area contributed by atoms with Gasteiger partial charge in [0.2, 0.25) is 0 Å². The summed E-state index contributed by atoms with van der Waals surface area (Å²) < 4.78 is 31.6. The van der Waals surface area contributed by atoms with Crippen molar-refractivity contribution < 1.29 is 17.9 Å². The first-order valence-electron chi connectivity index (χ1n) is 5.64. The van der Waals surface area contributed by atoms with E-state index >= 15 is 0 Å². The van der Waals surface area contributed by atoms with Gasteiger partial charge in [-0.3, -0.25) is 4.79 Å². The second-order valence-electron chi connectivity index (χ2n) is 4.47. The van der Waals surface area contributed by atoms with Gasteiger partial charge in [0.25, 0.3) is 10.2 Å². The molecule has 1 aliphatic rings. The number of carbonyl (C=O) groups is 1. The molecular weight excluding hydrogens is 244 g/mol. The van der Waals surface area contributed by atoms with Gasteiger partial charge >= 0.3 is 5.97 Å². The van der Waals surface area contributed by atoms with E-state index in [1.165, 1.54) is 14.2 Å². The van der Waals surface area contributed by atoms with Crippen LogP contribution in [0.4, 0.5) is 0 Å². The fraction of sp³-hybridized carbons (Fsp3) is 0.900. The molecule has 17 heavy (non-hydrogen) atoms. The van der Waals surface area contributed by atoms with Crippen LogP contribution in [0.5, 0.6) is 0 Å². The molecule has 0 bridgehead atoms. The third kappa shape index (κ3) is 4.61. The van der Waals surface area contributed by atoms with Crippen molar-refractivity contribution in [3.8, 4) is 0 Å². The van der Waals surface area contributed by atoms with E-state index in [1.807, 2.05) is 0 Å². The van der Waals surface area contributed by atoms with Gasteiger partial charge in [0.15, 0.2) is 0 Å². The Kier molecular flexibility index (Phi) is 4.91. The quantitative estimate of drug-likeness (QED) is 0.655. The van der Waals surface area contributed by atoms with Crippen molar-refractivity contribution in [2.75, 3.05) is 27.2 Å². The van der Waals surface area contributed by atoms with Gasteiger partial charge in [-0.15, -0.1) is 0 Å². The Hall–Kier alpha value is -0.660. The van der Waals surface area contributed by atoms with Gasteiger partial charge in [-0.1, -0.05) is 6.92 Å². The summed E-state index contributed by atoms with van der Waals surface area (Å²) >= 11 is 0. The molecule has 0 amide bonds. The highest BCUT2D eigenvalue weighted by Crippen LogP contribution is 2.36. The Bertz CT molecular complexity index is 369. The molecule has 2 atom stereocenters. The highest BCUT2D eigenvalue weighted by molar-refractivity contribution is 7.87. The van der Waals surface area contributed by atoms with Crippen LogP contribution >= 0.6 is 0 Å². The van der Waals surface area contributed by atoms with Crippen LogP contribution in [0.25, 0.3) is 0 Å². The molecule has 7 heteroatoms. The van der Waals surface area contributed by atoms with E-state index in [1.54, 1.807) is 0 Å². The number of nitrogens with one attached hydrogen (secondary N) is 1. The first-order chi connectivity index (χ1) is 7.86. The lowest BCUT2D eigenvalue weighted by Gasteiger charge is -2.16. The zero-order valence-corrected chi connectivity index (χ0v) is 11.3. The van der Waals surface area contributed by atoms with Gasteiger partial charge in [0.1, 0.15) is 0 Å². The Balaban J connectivity index is 2.32. The Labute approximate surface area is 102 Å². The van der Waals surface area contributed by atoms with Gasteiger partial charge in [-0.25, -0.2) is 4.72 Å². The first-order valence-corrected chi connectivity index (χ1v) is 7.08. The molecule has 0 saturated heterocycles. The zero-order valence-electron chi connectivity index (χ0n) is 10.5. The lowest BCUT2D eigenvalue weighted by Crippen LogP contribution is -2.40. The van der Waals surface area contributed by atoms with Gasteiger partial charge in [0.05, 0.1) is 13.5 Å². The van der Waals surface area contributed by atoms with E-state index < -0.39 is 16.2 Å². The van der Waals surface area contributed by atoms with Crippen molar-refractivity contribution in [2.45, 2.75) is 19.8 Å². The second kappa shape index (κ2) is 5.79. The standard InChI is InChI=1S/C10H20N2O4S/c1-8-6-9(8)7-11-17(14,15)12(2)5-4-10(13)16-3/h8-9,11H,4-7H2,1-3H3. The third-order valence-electron chi connectivity index (χ3n) is 3.07. The fourth-order valence-corrected chi connectivity index (χ4v) is 2.45. The third-order valence-corrected chi connectivity index (χ3v) is 4.61. The van der Waals surface area contributed by atoms with Crippen molar-refractivity contribution in [3.63, 3.8) is 0 Å². The summed E-state index contributed by atoms with van der Waals surface area (Å²) in [6.45, 7) is 2.70. The van der Waals surface area contributed by atoms with Crippen molar-refractivity contribution in [2.24, 2.45) is 11.8 Å². The van der Waals surface area contributed by atoms with Crippen LogP contribution in [0, 0.1) is 11.8 Å². The van der Waals surface area contributed by atoms with Gasteiger partial charge < -0.3 is 4.74 Å². The number of nitrogens with zero attached hydrogens (tertiary/aromatic N) is 1. The molecule has 0 aliphatic heterocycles. The summed E-state index contributed by atoms with van der Waals surface area (Å²) in [4.78, 5) is 10.9. The summed E-state index contributed by atoms with van der Waals surface area (Å²) in [6, 6.07) is 0. The molecule has 6 nitrogen and oxygen atoms in total. The monoisotopic (exact) mass is 264 g/mol. The normalized spacial score (nSPS) is 23.8. The maximum absolute atomic E-state index is 11.7. The molecule has 1 fully saturated rings. The van der Waals surface area contributed by atoms with E-state index in [-0.39, 0.29) is 13.0 Å². The Morgan fingerprint density at radius 2 is 2.12 bits per heavy atom. The molecule has 0 radical (unpaired) electrons. The molecule has 0 spiro atoms. The molecule has 0 aromatic heterocycles. The number of hydrogen-bond donors (Lipinski definition) is 1. The predicted molar refractivity (Wildman–Crippen MR) is 63.5 cm³/mol. The number of rotatable bonds is 7. The maximum atomic E-state index is 11.7. The smallest absolute Gasteiger partial charge is 0.306 e. The molecule has 0 aromatic rings. The van der Waals surface area contributed by atoms with E-state index in [2.05, 4.69) is 16.4 Å². The van der Waals surface area contributed by atoms with E-state index in [0.29, 0.717) is 18.4 Å². The molecule has 1 rings (SSSR count). The van der Waals surface area contributed by atoms with Crippen molar-refractivity contribution in [1.82, 2.24) is 9.03 Å². The summed E-state index contributed by atoms with van der Waals surface area (Å²) in [5.41, 5.74) is 0. The van der Waals surface area contributed by atoms with Crippen LogP contribution in [0.3, 0.4) is 0 Å². The molecule has 0 heterocycles. The molecule has 100 valence electrons. The topological polar surface area (TPSA) is 75.7 Å². The number of hydrogen-bond acceptors (Lipinski definition) is 4. The number of esters is 1. The van der Waals surface area contributed by atoms with Crippen LogP contribution in [0.1, 0.15) is 19.8 Å². The summed E-state index contributed by atoms with van der Waals surface area (Å²) in [5, 5.41) is 0. The van der Waals surface area contributed by atoms with Crippen LogP contribution in [-0.4, -0.2) is 45.9 Å². The summed E-state index contributed by atoms with van der Waals surface area (Å²) in [5.74, 6) is 0.653. The van der Waals surface area contributed by atoms with Crippen molar-refractivity contribution in [1.29, 1.82) is 0 Å². The van der Waals surface area contributed by atoms with Gasteiger partial charge in [0, 0.05) is 20.1 Å². The first kappa shape index (κ1) is 14.4. The SMILES string of the molecule is COC(=O)CCN(C)S(=O)(=O)NCC1CC1C. The molecular formula is C10H20N2O4S. The minimum absolute atomic E-state index is 0.0632. The molecule has 2 unspecified atom stereocenters. The van der Waals surface area contributed by atoms with Gasteiger partial charge in [-0.05, 0) is 18.3 Å². The Morgan fingerprint density at radius 1 is 1.53 bits per heavy atom. The predicted octanol–water partition coefficient (Wildman–Crippen LogP) is -0.0283. The average Bonchev–Trinajstić information content (AvgIpc) is 2.99. The summed E-state index contributed by atoms with van der Waals surface area (Å²) in [6.07, 6.45) is 1.14. The Morgan fingerprint density at radius 3 is 2.59 bits per heavy atom. The van der Waals surface area contributed by atoms with Crippen LogP contribution in [0.2, 0.25) is 0 Å². The lowest BCUT2D eigenvalue weighted by molar-refractivity contribution is -0.140. The second-order valence-corrected chi connectivity index (χ2v) is 6.34. The lowest BCUT2D eigenvalue weighted by atomic mass is 10.3. The van der Waals surface area contributed by atoms with E-state index in [4.69, 9.17) is 0 Å². The number of ether oxygens (including phenoxy) is 1. The summed E-state index contributed by atoms with van der Waals surface area (Å²) in [7, 11) is -0.740. The van der Waals surface area contributed by atoms with Crippen molar-refractivity contribution in [3.05, 3.63) is 0 Å². The van der Waals surface area contributed by atoms with Crippen LogP contribution < -0.4 is 4.72 Å². The van der Waals surface area contributed by atoms with Crippen LogP contribution in [-0.2, 0) is 19.7 Å². The molecule has 1 N–H and O–H groups in total. The maximum Gasteiger partial charge on any atom is 0.306 e. The number of methoxy groups -OCH3 is 1. The van der Waals surface area contributed by atoms with Gasteiger partial charge in [-0.2, -0.15) is 12.7 Å². The van der Waals surface area contributed by atoms with E-state index in [0.717, 1.165) is 10.7 Å². The fourth-order valence-electron chi connectivity index (χ4n) is 1.48. The van der Waals surface area contributed by atoms with E-state index in [9.17, 15) is 13.2 Å². The minimum Gasteiger partial charge on any atom is -0.469 e. The molecule has 1 saturated carbocycles. The van der Waals surface area contributed by atoms with Crippen molar-refractivity contribution >= 4 is 16.2 Å². The highest BCUT2D eigenvalue weighted by Gasteiger charge is 2.33. The average molecular weight is 264 g/mol. The number of carbonyl (C=O) groups excluding carboxylic acids is 1. The largest absolute Gasteiger partial charge is 0.469 e. The highest BCUT2D eigenvalue weighted by atomic mass is 32.2. The zero-order chi connectivity index (χ0) is 13.1. The molecule has 0 aromatic carbocycles. The molecule has 1 aliphatic carbocycles. The minimum atomic E-state index is -3.47. The van der Waals surface area contributed by atoms with Crippen LogP contribution in [0.15, 0.2) is 0 Å².